The lowest BCUT2D eigenvalue weighted by Crippen LogP contribution is -2.24. The van der Waals surface area contributed by atoms with Gasteiger partial charge in [-0.2, -0.15) is 5.21 Å². The van der Waals surface area contributed by atoms with Gasteiger partial charge < -0.3 is 10.1 Å². The first-order valence-corrected chi connectivity index (χ1v) is 4.98. The van der Waals surface area contributed by atoms with Crippen LogP contribution in [-0.4, -0.2) is 44.6 Å². The monoisotopic (exact) mass is 215 g/mol. The summed E-state index contributed by atoms with van der Waals surface area (Å²) in [6, 6.07) is 0. The van der Waals surface area contributed by atoms with Crippen molar-refractivity contribution >= 4 is 17.9 Å². The van der Waals surface area contributed by atoms with E-state index in [-0.39, 0.29) is 17.4 Å². The number of aromatic nitrogens is 4. The van der Waals surface area contributed by atoms with Gasteiger partial charge in [-0.15, -0.1) is 10.2 Å². The minimum Gasteiger partial charge on any atom is -0.443 e. The van der Waals surface area contributed by atoms with Crippen LogP contribution in [0.3, 0.4) is 0 Å². The van der Waals surface area contributed by atoms with Gasteiger partial charge in [-0.3, -0.25) is 0 Å². The number of cyclic esters (lactones) is 1. The number of alkyl carbamates (subject to hydrolysis) is 1. The Morgan fingerprint density at radius 3 is 3.14 bits per heavy atom. The van der Waals surface area contributed by atoms with E-state index in [2.05, 4.69) is 25.9 Å². The summed E-state index contributed by atoms with van der Waals surface area (Å²) < 4.78 is 5.01. The molecule has 0 saturated carbocycles. The third-order valence-electron chi connectivity index (χ3n) is 1.85. The molecular formula is C6H9N5O2S. The van der Waals surface area contributed by atoms with E-state index in [1.54, 1.807) is 0 Å². The van der Waals surface area contributed by atoms with Crippen LogP contribution in [0.2, 0.25) is 0 Å². The van der Waals surface area contributed by atoms with E-state index in [1.807, 2.05) is 6.92 Å². The quantitative estimate of drug-likeness (QED) is 0.678. The van der Waals surface area contributed by atoms with Crippen LogP contribution in [-0.2, 0) is 4.74 Å². The zero-order chi connectivity index (χ0) is 9.97. The number of tetrazole rings is 1. The van der Waals surface area contributed by atoms with Crippen LogP contribution in [0, 0.1) is 0 Å². The van der Waals surface area contributed by atoms with Crippen LogP contribution in [0.5, 0.6) is 0 Å². The molecule has 0 spiro atoms. The van der Waals surface area contributed by atoms with E-state index in [0.717, 1.165) is 0 Å². The first-order valence-electron chi connectivity index (χ1n) is 4.10. The average molecular weight is 215 g/mol. The highest BCUT2D eigenvalue weighted by molar-refractivity contribution is 7.99. The van der Waals surface area contributed by atoms with Crippen LogP contribution < -0.4 is 5.32 Å². The van der Waals surface area contributed by atoms with E-state index in [4.69, 9.17) is 4.74 Å². The maximum atomic E-state index is 10.8. The van der Waals surface area contributed by atoms with Gasteiger partial charge in [0.1, 0.15) is 6.10 Å². The van der Waals surface area contributed by atoms with Gasteiger partial charge in [0.2, 0.25) is 5.16 Å². The zero-order valence-corrected chi connectivity index (χ0v) is 8.24. The number of rotatable bonds is 3. The molecule has 2 rings (SSSR count). The Morgan fingerprint density at radius 2 is 2.57 bits per heavy atom. The highest BCUT2D eigenvalue weighted by Gasteiger charge is 2.29. The number of aromatic amines is 1. The smallest absolute Gasteiger partial charge is 0.407 e. The molecule has 8 heteroatoms. The molecule has 14 heavy (non-hydrogen) atoms. The van der Waals surface area contributed by atoms with Gasteiger partial charge in [-0.05, 0) is 12.1 Å². The molecule has 1 aromatic heterocycles. The van der Waals surface area contributed by atoms with Crippen molar-refractivity contribution in [2.24, 2.45) is 0 Å². The second-order valence-corrected chi connectivity index (χ2v) is 4.19. The van der Waals surface area contributed by atoms with E-state index >= 15 is 0 Å². The van der Waals surface area contributed by atoms with Gasteiger partial charge >= 0.3 is 6.09 Å². The molecule has 0 aromatic carbocycles. The van der Waals surface area contributed by atoms with Crippen LogP contribution >= 0.6 is 11.8 Å². The predicted molar refractivity (Wildman–Crippen MR) is 47.8 cm³/mol. The fourth-order valence-corrected chi connectivity index (χ4v) is 1.93. The standard InChI is InChI=1S/C6H9N5O2S/c1-3(4-2-7-6(12)13-4)14-5-8-10-11-9-5/h3-4H,2H2,1H3,(H,7,12)(H,8,9,10,11)/t3?,4-/m1/s1. The van der Waals surface area contributed by atoms with Crippen molar-refractivity contribution in [1.29, 1.82) is 0 Å². The Kier molecular flexibility index (Phi) is 2.53. The van der Waals surface area contributed by atoms with Gasteiger partial charge in [-0.25, -0.2) is 4.79 Å². The van der Waals surface area contributed by atoms with Crippen molar-refractivity contribution in [2.75, 3.05) is 6.54 Å². The molecular weight excluding hydrogens is 206 g/mol. The Labute approximate surface area is 84.0 Å². The number of ether oxygens (including phenoxy) is 1. The second kappa shape index (κ2) is 3.82. The van der Waals surface area contributed by atoms with Gasteiger partial charge in [0.25, 0.3) is 0 Å². The van der Waals surface area contributed by atoms with Crippen molar-refractivity contribution in [3.05, 3.63) is 0 Å². The summed E-state index contributed by atoms with van der Waals surface area (Å²) in [5, 5.41) is 16.6. The van der Waals surface area contributed by atoms with E-state index in [0.29, 0.717) is 11.7 Å². The molecule has 1 unspecified atom stereocenters. The fraction of sp³-hybridized carbons (Fsp3) is 0.667. The summed E-state index contributed by atoms with van der Waals surface area (Å²) in [5.74, 6) is 0. The number of thioether (sulfide) groups is 1. The lowest BCUT2D eigenvalue weighted by atomic mass is 10.3. The number of nitrogens with one attached hydrogen (secondary N) is 2. The molecule has 0 radical (unpaired) electrons. The highest BCUT2D eigenvalue weighted by Crippen LogP contribution is 2.23. The molecule has 0 aliphatic carbocycles. The molecule has 1 aromatic rings. The first kappa shape index (κ1) is 9.25. The number of hydrogen-bond donors (Lipinski definition) is 2. The van der Waals surface area contributed by atoms with E-state index in [9.17, 15) is 4.79 Å². The van der Waals surface area contributed by atoms with Gasteiger partial charge in [0.05, 0.1) is 6.54 Å². The number of carbonyl (C=O) groups excluding carboxylic acids is 1. The molecule has 1 amide bonds. The molecule has 2 N–H and O–H groups in total. The van der Waals surface area contributed by atoms with Gasteiger partial charge in [0, 0.05) is 5.25 Å². The van der Waals surface area contributed by atoms with Crippen molar-refractivity contribution in [3.63, 3.8) is 0 Å². The topological polar surface area (TPSA) is 92.8 Å². The van der Waals surface area contributed by atoms with Gasteiger partial charge in [-0.1, -0.05) is 11.8 Å². The van der Waals surface area contributed by atoms with Crippen molar-refractivity contribution in [3.8, 4) is 0 Å². The normalized spacial score (nSPS) is 22.9. The Morgan fingerprint density at radius 1 is 1.71 bits per heavy atom. The average Bonchev–Trinajstić information content (AvgIpc) is 2.75. The molecule has 7 nitrogen and oxygen atoms in total. The summed E-state index contributed by atoms with van der Waals surface area (Å²) in [7, 11) is 0. The summed E-state index contributed by atoms with van der Waals surface area (Å²) in [6.07, 6.45) is -0.499. The predicted octanol–water partition coefficient (Wildman–Crippen LogP) is -0.211. The Hall–Kier alpha value is -1.31. The number of H-pyrrole nitrogens is 1. The van der Waals surface area contributed by atoms with Crippen LogP contribution in [0.1, 0.15) is 6.92 Å². The van der Waals surface area contributed by atoms with Crippen LogP contribution in [0.15, 0.2) is 5.16 Å². The summed E-state index contributed by atoms with van der Waals surface area (Å²) in [5.41, 5.74) is 0. The maximum Gasteiger partial charge on any atom is 0.407 e. The number of carbonyl (C=O) groups is 1. The molecule has 1 saturated heterocycles. The SMILES string of the molecule is CC(Sc1nn[nH]n1)[C@H]1CNC(=O)O1. The van der Waals surface area contributed by atoms with Crippen LogP contribution in [0.25, 0.3) is 0 Å². The van der Waals surface area contributed by atoms with Gasteiger partial charge in [0.15, 0.2) is 0 Å². The molecule has 2 atom stereocenters. The molecule has 1 aliphatic rings. The Balaban J connectivity index is 1.89. The summed E-state index contributed by atoms with van der Waals surface area (Å²) in [4.78, 5) is 10.8. The lowest BCUT2D eigenvalue weighted by molar-refractivity contribution is 0.141. The first-order chi connectivity index (χ1) is 6.75. The molecule has 1 aliphatic heterocycles. The third-order valence-corrected chi connectivity index (χ3v) is 2.91. The number of amides is 1. The second-order valence-electron chi connectivity index (χ2n) is 2.84. The minimum absolute atomic E-state index is 0.103. The summed E-state index contributed by atoms with van der Waals surface area (Å²) >= 11 is 1.42. The third kappa shape index (κ3) is 1.95. The van der Waals surface area contributed by atoms with Crippen molar-refractivity contribution in [2.45, 2.75) is 23.4 Å². The number of nitrogens with zero attached hydrogens (tertiary/aromatic N) is 3. The molecule has 0 bridgehead atoms. The molecule has 2 heterocycles. The van der Waals surface area contributed by atoms with Crippen molar-refractivity contribution in [1.82, 2.24) is 25.9 Å². The van der Waals surface area contributed by atoms with Crippen molar-refractivity contribution < 1.29 is 9.53 Å². The lowest BCUT2D eigenvalue weighted by Gasteiger charge is -2.13. The minimum atomic E-state index is -0.365. The zero-order valence-electron chi connectivity index (χ0n) is 7.43. The number of hydrogen-bond acceptors (Lipinski definition) is 6. The van der Waals surface area contributed by atoms with E-state index < -0.39 is 0 Å². The molecule has 76 valence electrons. The Bertz CT molecular complexity index is 316. The maximum absolute atomic E-state index is 10.8. The summed E-state index contributed by atoms with van der Waals surface area (Å²) in [6.45, 7) is 2.48. The largest absolute Gasteiger partial charge is 0.443 e. The fourth-order valence-electron chi connectivity index (χ4n) is 1.11. The van der Waals surface area contributed by atoms with Crippen LogP contribution in [0.4, 0.5) is 4.79 Å². The highest BCUT2D eigenvalue weighted by atomic mass is 32.2. The van der Waals surface area contributed by atoms with E-state index in [1.165, 1.54) is 11.8 Å². The molecule has 1 fully saturated rings.